The Morgan fingerprint density at radius 1 is 1.31 bits per heavy atom. The van der Waals surface area contributed by atoms with Crippen molar-refractivity contribution in [3.8, 4) is 0 Å². The summed E-state index contributed by atoms with van der Waals surface area (Å²) in [7, 11) is 0. The molecule has 0 saturated heterocycles. The van der Waals surface area contributed by atoms with E-state index in [1.165, 1.54) is 12.1 Å². The number of non-ortho nitro benzene ring substituents is 1. The van der Waals surface area contributed by atoms with Crippen LogP contribution in [0.3, 0.4) is 0 Å². The van der Waals surface area contributed by atoms with E-state index in [0.29, 0.717) is 0 Å². The normalized spacial score (nSPS) is 24.3. The van der Waals surface area contributed by atoms with Gasteiger partial charge in [-0.25, -0.2) is 0 Å². The number of hydrogen-bond donors (Lipinski definition) is 2. The second-order valence-corrected chi connectivity index (χ2v) is 4.05. The molecule has 86 valence electrons. The number of anilines is 1. The molecule has 1 aliphatic rings. The van der Waals surface area contributed by atoms with Gasteiger partial charge in [0.25, 0.3) is 5.69 Å². The van der Waals surface area contributed by atoms with Crippen molar-refractivity contribution in [1.82, 2.24) is 0 Å². The van der Waals surface area contributed by atoms with E-state index in [9.17, 15) is 15.2 Å². The lowest BCUT2D eigenvalue weighted by molar-refractivity contribution is -0.384. The van der Waals surface area contributed by atoms with Gasteiger partial charge in [0.15, 0.2) is 0 Å². The van der Waals surface area contributed by atoms with Crippen LogP contribution < -0.4 is 5.32 Å². The fourth-order valence-electron chi connectivity index (χ4n) is 2.00. The summed E-state index contributed by atoms with van der Waals surface area (Å²) in [6, 6.07) is 6.33. The van der Waals surface area contributed by atoms with E-state index < -0.39 is 4.92 Å². The molecule has 0 unspecified atom stereocenters. The quantitative estimate of drug-likeness (QED) is 0.605. The molecule has 1 saturated carbocycles. The van der Waals surface area contributed by atoms with Crippen molar-refractivity contribution in [2.45, 2.75) is 31.4 Å². The van der Waals surface area contributed by atoms with Gasteiger partial charge in [-0.15, -0.1) is 0 Å². The summed E-state index contributed by atoms with van der Waals surface area (Å²) >= 11 is 0. The summed E-state index contributed by atoms with van der Waals surface area (Å²) < 4.78 is 0. The first-order valence-corrected chi connectivity index (χ1v) is 5.36. The van der Waals surface area contributed by atoms with Crippen LogP contribution in [-0.4, -0.2) is 22.2 Å². The van der Waals surface area contributed by atoms with Crippen molar-refractivity contribution in [2.75, 3.05) is 5.32 Å². The fraction of sp³-hybridized carbons (Fsp3) is 0.455. The van der Waals surface area contributed by atoms with Crippen LogP contribution in [0, 0.1) is 10.1 Å². The third-order valence-corrected chi connectivity index (χ3v) is 2.91. The molecular formula is C11H14N2O3. The van der Waals surface area contributed by atoms with E-state index >= 15 is 0 Å². The van der Waals surface area contributed by atoms with Crippen molar-refractivity contribution < 1.29 is 10.0 Å². The maximum Gasteiger partial charge on any atom is 0.269 e. The average molecular weight is 222 g/mol. The van der Waals surface area contributed by atoms with Crippen molar-refractivity contribution in [3.05, 3.63) is 34.4 Å². The Morgan fingerprint density at radius 3 is 2.50 bits per heavy atom. The van der Waals surface area contributed by atoms with Crippen LogP contribution in [0.15, 0.2) is 24.3 Å². The van der Waals surface area contributed by atoms with Gasteiger partial charge >= 0.3 is 0 Å². The van der Waals surface area contributed by atoms with Crippen molar-refractivity contribution in [2.24, 2.45) is 0 Å². The van der Waals surface area contributed by atoms with Gasteiger partial charge in [-0.05, 0) is 31.4 Å². The third-order valence-electron chi connectivity index (χ3n) is 2.91. The molecule has 1 aliphatic carbocycles. The minimum absolute atomic E-state index is 0.0708. The first-order chi connectivity index (χ1) is 7.66. The molecule has 1 fully saturated rings. The number of aliphatic hydroxyl groups is 1. The lowest BCUT2D eigenvalue weighted by Gasteiger charge is -2.17. The Balaban J connectivity index is 2.02. The molecule has 0 heterocycles. The zero-order valence-electron chi connectivity index (χ0n) is 8.80. The molecule has 0 bridgehead atoms. The molecule has 5 nitrogen and oxygen atoms in total. The molecule has 1 aromatic rings. The second-order valence-electron chi connectivity index (χ2n) is 4.05. The highest BCUT2D eigenvalue weighted by Crippen LogP contribution is 2.24. The molecule has 0 radical (unpaired) electrons. The molecule has 5 heteroatoms. The van der Waals surface area contributed by atoms with Gasteiger partial charge in [0.2, 0.25) is 0 Å². The topological polar surface area (TPSA) is 75.4 Å². The van der Waals surface area contributed by atoms with Gasteiger partial charge in [0.05, 0.1) is 17.1 Å². The highest BCUT2D eigenvalue weighted by Gasteiger charge is 2.24. The first kappa shape index (κ1) is 10.9. The monoisotopic (exact) mass is 222 g/mol. The fourth-order valence-corrected chi connectivity index (χ4v) is 2.00. The maximum atomic E-state index is 10.5. The molecule has 2 rings (SSSR count). The van der Waals surface area contributed by atoms with Crippen molar-refractivity contribution in [1.29, 1.82) is 0 Å². The maximum absolute atomic E-state index is 10.5. The lowest BCUT2D eigenvalue weighted by Crippen LogP contribution is -2.27. The van der Waals surface area contributed by atoms with E-state index in [2.05, 4.69) is 5.32 Å². The first-order valence-electron chi connectivity index (χ1n) is 5.36. The highest BCUT2D eigenvalue weighted by molar-refractivity contribution is 5.49. The van der Waals surface area contributed by atoms with Gasteiger partial charge < -0.3 is 10.4 Å². The zero-order valence-corrected chi connectivity index (χ0v) is 8.80. The number of hydrogen-bond acceptors (Lipinski definition) is 4. The van der Waals surface area contributed by atoms with E-state index in [1.807, 2.05) is 0 Å². The van der Waals surface area contributed by atoms with Gasteiger partial charge in [-0.3, -0.25) is 10.1 Å². The highest BCUT2D eigenvalue weighted by atomic mass is 16.6. The Bertz CT molecular complexity index is 377. The minimum atomic E-state index is -0.422. The molecule has 1 aromatic carbocycles. The third kappa shape index (κ3) is 2.30. The van der Waals surface area contributed by atoms with E-state index in [0.717, 1.165) is 24.9 Å². The molecule has 16 heavy (non-hydrogen) atoms. The van der Waals surface area contributed by atoms with Gasteiger partial charge in [-0.1, -0.05) is 0 Å². The predicted octanol–water partition coefficient (Wildman–Crippen LogP) is 1.92. The number of aliphatic hydroxyl groups excluding tert-OH is 1. The standard InChI is InChI=1S/C11H14N2O3/c14-11-3-1-2-10(11)12-8-4-6-9(7-5-8)13(15)16/h4-7,10-12,14H,1-3H2/t10-,11+/m0/s1. The molecule has 2 N–H and O–H groups in total. The summed E-state index contributed by atoms with van der Waals surface area (Å²) in [5.74, 6) is 0. The van der Waals surface area contributed by atoms with E-state index in [4.69, 9.17) is 0 Å². The second kappa shape index (κ2) is 4.49. The van der Waals surface area contributed by atoms with Crippen LogP contribution in [0.1, 0.15) is 19.3 Å². The molecule has 0 spiro atoms. The largest absolute Gasteiger partial charge is 0.391 e. The summed E-state index contributed by atoms with van der Waals surface area (Å²) in [6.07, 6.45) is 2.48. The van der Waals surface area contributed by atoms with Crippen LogP contribution >= 0.6 is 0 Å². The average Bonchev–Trinajstić information content (AvgIpc) is 2.65. The molecule has 0 aliphatic heterocycles. The number of nitrogens with zero attached hydrogens (tertiary/aromatic N) is 1. The van der Waals surface area contributed by atoms with Gasteiger partial charge in [0.1, 0.15) is 0 Å². The molecule has 0 aromatic heterocycles. The summed E-state index contributed by atoms with van der Waals surface area (Å²) in [6.45, 7) is 0. The summed E-state index contributed by atoms with van der Waals surface area (Å²) in [5.41, 5.74) is 0.897. The van der Waals surface area contributed by atoms with Crippen molar-refractivity contribution in [3.63, 3.8) is 0 Å². The Labute approximate surface area is 93.2 Å². The number of nitrogens with one attached hydrogen (secondary N) is 1. The predicted molar refractivity (Wildman–Crippen MR) is 60.4 cm³/mol. The van der Waals surface area contributed by atoms with Crippen LogP contribution in [-0.2, 0) is 0 Å². The van der Waals surface area contributed by atoms with Crippen LogP contribution in [0.2, 0.25) is 0 Å². The Kier molecular flexibility index (Phi) is 3.05. The van der Waals surface area contributed by atoms with E-state index in [1.54, 1.807) is 12.1 Å². The lowest BCUT2D eigenvalue weighted by atomic mass is 10.2. The van der Waals surface area contributed by atoms with Crippen LogP contribution in [0.4, 0.5) is 11.4 Å². The van der Waals surface area contributed by atoms with Crippen LogP contribution in [0.5, 0.6) is 0 Å². The number of rotatable bonds is 3. The Hall–Kier alpha value is -1.62. The molecule has 0 amide bonds. The van der Waals surface area contributed by atoms with Gasteiger partial charge in [-0.2, -0.15) is 0 Å². The van der Waals surface area contributed by atoms with Crippen molar-refractivity contribution >= 4 is 11.4 Å². The summed E-state index contributed by atoms with van der Waals surface area (Å²) in [4.78, 5) is 10.0. The Morgan fingerprint density at radius 2 is 2.00 bits per heavy atom. The summed E-state index contributed by atoms with van der Waals surface area (Å²) in [5, 5.41) is 23.3. The van der Waals surface area contributed by atoms with E-state index in [-0.39, 0.29) is 17.8 Å². The van der Waals surface area contributed by atoms with Crippen LogP contribution in [0.25, 0.3) is 0 Å². The van der Waals surface area contributed by atoms with Gasteiger partial charge in [0, 0.05) is 17.8 Å². The number of nitro groups is 1. The molecule has 2 atom stereocenters. The zero-order chi connectivity index (χ0) is 11.5. The SMILES string of the molecule is O=[N+]([O-])c1ccc(N[C@H]2CCC[C@H]2O)cc1. The smallest absolute Gasteiger partial charge is 0.269 e. The molecular weight excluding hydrogens is 208 g/mol. The minimum Gasteiger partial charge on any atom is -0.391 e. The number of benzene rings is 1. The number of nitro benzene ring substituents is 1.